The fourth-order valence-electron chi connectivity index (χ4n) is 2.02. The number of para-hydroxylation sites is 1. The van der Waals surface area contributed by atoms with Gasteiger partial charge in [-0.1, -0.05) is 18.2 Å². The molecule has 0 atom stereocenters. The number of fused-ring (bicyclic) bond motifs is 1. The van der Waals surface area contributed by atoms with Crippen LogP contribution in [0.25, 0.3) is 16.7 Å². The highest BCUT2D eigenvalue weighted by molar-refractivity contribution is 5.81. The zero-order valence-corrected chi connectivity index (χ0v) is 10.5. The van der Waals surface area contributed by atoms with Crippen molar-refractivity contribution in [1.82, 2.24) is 19.7 Å². The molecule has 100 valence electrons. The number of aromatic nitrogens is 4. The van der Waals surface area contributed by atoms with Crippen LogP contribution in [0.2, 0.25) is 0 Å². The molecule has 8 heteroatoms. The molecule has 0 bridgehead atoms. The molecule has 0 spiro atoms. The van der Waals surface area contributed by atoms with E-state index in [1.54, 1.807) is 13.2 Å². The minimum Gasteiger partial charge on any atom is -0.367 e. The van der Waals surface area contributed by atoms with Crippen molar-refractivity contribution < 1.29 is 4.92 Å². The number of nitro groups is 1. The minimum absolute atomic E-state index is 0.135. The summed E-state index contributed by atoms with van der Waals surface area (Å²) in [6, 6.07) is 7.42. The molecule has 0 aliphatic carbocycles. The second-order valence-corrected chi connectivity index (χ2v) is 4.02. The number of nitrogens with zero attached hydrogens (tertiary/aromatic N) is 5. The minimum atomic E-state index is -0.516. The Morgan fingerprint density at radius 1 is 1.30 bits per heavy atom. The molecule has 0 amide bonds. The van der Waals surface area contributed by atoms with Gasteiger partial charge >= 0.3 is 5.69 Å². The molecule has 0 aliphatic heterocycles. The van der Waals surface area contributed by atoms with E-state index in [0.29, 0.717) is 0 Å². The van der Waals surface area contributed by atoms with Crippen LogP contribution < -0.4 is 5.32 Å². The Labute approximate surface area is 113 Å². The SMILES string of the molecule is CNc1ncnc(-n2ncc3ccccc32)c1[N+](=O)[O-]. The molecular weight excluding hydrogens is 260 g/mol. The lowest BCUT2D eigenvalue weighted by Gasteiger charge is -2.06. The van der Waals surface area contributed by atoms with E-state index in [0.717, 1.165) is 10.9 Å². The van der Waals surface area contributed by atoms with Gasteiger partial charge in [-0.25, -0.2) is 14.6 Å². The van der Waals surface area contributed by atoms with E-state index in [4.69, 9.17) is 0 Å². The van der Waals surface area contributed by atoms with Gasteiger partial charge in [0.15, 0.2) is 0 Å². The normalized spacial score (nSPS) is 10.7. The smallest absolute Gasteiger partial charge is 0.355 e. The molecule has 0 fully saturated rings. The molecule has 3 aromatic rings. The lowest BCUT2D eigenvalue weighted by molar-refractivity contribution is -0.384. The Morgan fingerprint density at radius 3 is 2.85 bits per heavy atom. The Morgan fingerprint density at radius 2 is 2.10 bits per heavy atom. The van der Waals surface area contributed by atoms with Gasteiger partial charge in [-0.3, -0.25) is 10.1 Å². The number of hydrogen-bond donors (Lipinski definition) is 1. The van der Waals surface area contributed by atoms with Crippen molar-refractivity contribution in [2.24, 2.45) is 0 Å². The summed E-state index contributed by atoms with van der Waals surface area (Å²) in [6.45, 7) is 0. The van der Waals surface area contributed by atoms with E-state index in [2.05, 4.69) is 20.4 Å². The van der Waals surface area contributed by atoms with Crippen LogP contribution in [0.1, 0.15) is 0 Å². The van der Waals surface area contributed by atoms with E-state index >= 15 is 0 Å². The van der Waals surface area contributed by atoms with Crippen LogP contribution in [-0.4, -0.2) is 31.7 Å². The number of anilines is 1. The molecule has 8 nitrogen and oxygen atoms in total. The summed E-state index contributed by atoms with van der Waals surface area (Å²) in [4.78, 5) is 18.6. The summed E-state index contributed by atoms with van der Waals surface area (Å²) in [6.07, 6.45) is 2.91. The van der Waals surface area contributed by atoms with Crippen molar-refractivity contribution in [2.45, 2.75) is 0 Å². The molecule has 3 rings (SSSR count). The molecule has 20 heavy (non-hydrogen) atoms. The van der Waals surface area contributed by atoms with E-state index < -0.39 is 4.92 Å². The first-order valence-corrected chi connectivity index (χ1v) is 5.82. The predicted molar refractivity (Wildman–Crippen MR) is 72.9 cm³/mol. The fourth-order valence-corrected chi connectivity index (χ4v) is 2.02. The lowest BCUT2D eigenvalue weighted by atomic mass is 10.2. The molecular formula is C12H10N6O2. The standard InChI is InChI=1S/C12H10N6O2/c1-13-11-10(18(19)20)12(15-7-14-11)17-9-5-3-2-4-8(9)6-16-17/h2-7H,1H3,(H,13,14,15). The van der Waals surface area contributed by atoms with Crippen molar-refractivity contribution in [3.05, 3.63) is 46.9 Å². The van der Waals surface area contributed by atoms with Crippen molar-refractivity contribution in [2.75, 3.05) is 12.4 Å². The molecule has 1 aromatic carbocycles. The number of nitrogens with one attached hydrogen (secondary N) is 1. The second kappa shape index (κ2) is 4.57. The topological polar surface area (TPSA) is 98.8 Å². The summed E-state index contributed by atoms with van der Waals surface area (Å²) in [7, 11) is 1.57. The zero-order chi connectivity index (χ0) is 14.1. The van der Waals surface area contributed by atoms with Gasteiger partial charge in [0.2, 0.25) is 11.6 Å². The highest BCUT2D eigenvalue weighted by atomic mass is 16.6. The molecule has 0 radical (unpaired) electrons. The first-order valence-electron chi connectivity index (χ1n) is 5.82. The maximum atomic E-state index is 11.3. The van der Waals surface area contributed by atoms with Crippen LogP contribution in [0.5, 0.6) is 0 Å². The molecule has 2 aromatic heterocycles. The third-order valence-corrected chi connectivity index (χ3v) is 2.90. The fraction of sp³-hybridized carbons (Fsp3) is 0.0833. The average Bonchev–Trinajstić information content (AvgIpc) is 2.90. The van der Waals surface area contributed by atoms with Gasteiger partial charge in [-0.15, -0.1) is 0 Å². The maximum Gasteiger partial charge on any atom is 0.355 e. The summed E-state index contributed by atoms with van der Waals surface area (Å²) in [5, 5.41) is 19.0. The van der Waals surface area contributed by atoms with E-state index in [1.165, 1.54) is 11.0 Å². The van der Waals surface area contributed by atoms with Crippen LogP contribution in [0.4, 0.5) is 11.5 Å². The monoisotopic (exact) mass is 270 g/mol. The van der Waals surface area contributed by atoms with E-state index in [-0.39, 0.29) is 17.3 Å². The molecule has 0 saturated heterocycles. The second-order valence-electron chi connectivity index (χ2n) is 4.02. The predicted octanol–water partition coefficient (Wildman–Crippen LogP) is 1.77. The van der Waals surface area contributed by atoms with Gasteiger partial charge in [-0.05, 0) is 6.07 Å². The summed E-state index contributed by atoms with van der Waals surface area (Å²) >= 11 is 0. The maximum absolute atomic E-state index is 11.3. The molecule has 0 aliphatic rings. The highest BCUT2D eigenvalue weighted by Gasteiger charge is 2.24. The largest absolute Gasteiger partial charge is 0.367 e. The molecule has 2 heterocycles. The quantitative estimate of drug-likeness (QED) is 0.575. The van der Waals surface area contributed by atoms with Gasteiger partial charge in [0, 0.05) is 12.4 Å². The van der Waals surface area contributed by atoms with Crippen LogP contribution in [0.3, 0.4) is 0 Å². The third-order valence-electron chi connectivity index (χ3n) is 2.90. The summed E-state index contributed by atoms with van der Waals surface area (Å²) in [5.41, 5.74) is 0.542. The van der Waals surface area contributed by atoms with Gasteiger partial charge < -0.3 is 5.32 Å². The molecule has 0 unspecified atom stereocenters. The van der Waals surface area contributed by atoms with Gasteiger partial charge in [0.1, 0.15) is 6.33 Å². The van der Waals surface area contributed by atoms with Crippen molar-refractivity contribution in [1.29, 1.82) is 0 Å². The first kappa shape index (κ1) is 12.0. The molecule has 0 saturated carbocycles. The average molecular weight is 270 g/mol. The van der Waals surface area contributed by atoms with Gasteiger partial charge in [0.25, 0.3) is 0 Å². The van der Waals surface area contributed by atoms with Crippen LogP contribution in [-0.2, 0) is 0 Å². The van der Waals surface area contributed by atoms with Gasteiger partial charge in [-0.2, -0.15) is 5.10 Å². The summed E-state index contributed by atoms with van der Waals surface area (Å²) < 4.78 is 1.44. The van der Waals surface area contributed by atoms with Crippen molar-refractivity contribution >= 4 is 22.4 Å². The lowest BCUT2D eigenvalue weighted by Crippen LogP contribution is -2.08. The van der Waals surface area contributed by atoms with Crippen LogP contribution in [0.15, 0.2) is 36.8 Å². The Hall–Kier alpha value is -3.03. The number of rotatable bonds is 3. The number of benzene rings is 1. The van der Waals surface area contributed by atoms with E-state index in [1.807, 2.05) is 24.3 Å². The summed E-state index contributed by atoms with van der Waals surface area (Å²) in [5.74, 6) is 0.287. The Balaban J connectivity index is 2.32. The van der Waals surface area contributed by atoms with Crippen LogP contribution in [0, 0.1) is 10.1 Å². The molecule has 1 N–H and O–H groups in total. The highest BCUT2D eigenvalue weighted by Crippen LogP contribution is 2.29. The Bertz CT molecular complexity index is 797. The first-order chi connectivity index (χ1) is 9.72. The Kier molecular flexibility index (Phi) is 2.75. The zero-order valence-electron chi connectivity index (χ0n) is 10.5. The number of hydrogen-bond acceptors (Lipinski definition) is 6. The van der Waals surface area contributed by atoms with Crippen molar-refractivity contribution in [3.63, 3.8) is 0 Å². The van der Waals surface area contributed by atoms with Crippen LogP contribution >= 0.6 is 0 Å². The van der Waals surface area contributed by atoms with E-state index in [9.17, 15) is 10.1 Å². The third kappa shape index (κ3) is 1.74. The van der Waals surface area contributed by atoms with Crippen molar-refractivity contribution in [3.8, 4) is 5.82 Å². The van der Waals surface area contributed by atoms with Gasteiger partial charge in [0.05, 0.1) is 16.6 Å².